The first kappa shape index (κ1) is 9.87. The van der Waals surface area contributed by atoms with Gasteiger partial charge in [-0.3, -0.25) is 0 Å². The molecule has 1 aliphatic heterocycles. The Balaban J connectivity index is 2.05. The molecule has 0 radical (unpaired) electrons. The van der Waals surface area contributed by atoms with E-state index >= 15 is 0 Å². The topological polar surface area (TPSA) is 38.0 Å². The molecule has 0 aliphatic carbocycles. The SMILES string of the molecule is Nc1ccc(CC2CCNC2)cc1S. The van der Waals surface area contributed by atoms with Crippen LogP contribution in [0, 0.1) is 5.92 Å². The summed E-state index contributed by atoms with van der Waals surface area (Å²) in [4.78, 5) is 0.897. The van der Waals surface area contributed by atoms with E-state index < -0.39 is 0 Å². The van der Waals surface area contributed by atoms with Gasteiger partial charge in [0.1, 0.15) is 0 Å². The van der Waals surface area contributed by atoms with E-state index in [1.54, 1.807) is 0 Å². The fourth-order valence-electron chi connectivity index (χ4n) is 1.94. The van der Waals surface area contributed by atoms with Crippen LogP contribution in [0.5, 0.6) is 0 Å². The molecule has 1 fully saturated rings. The van der Waals surface area contributed by atoms with Gasteiger partial charge < -0.3 is 11.1 Å². The van der Waals surface area contributed by atoms with Crippen LogP contribution in [0.2, 0.25) is 0 Å². The van der Waals surface area contributed by atoms with E-state index in [0.717, 1.165) is 36.0 Å². The Morgan fingerprint density at radius 2 is 2.36 bits per heavy atom. The molecule has 1 heterocycles. The molecule has 0 spiro atoms. The molecule has 1 aromatic carbocycles. The Hall–Kier alpha value is -0.670. The zero-order valence-electron chi connectivity index (χ0n) is 8.16. The summed E-state index contributed by atoms with van der Waals surface area (Å²) < 4.78 is 0. The van der Waals surface area contributed by atoms with E-state index in [0.29, 0.717) is 0 Å². The van der Waals surface area contributed by atoms with Gasteiger partial charge in [-0.2, -0.15) is 0 Å². The predicted octanol–water partition coefficient (Wildman–Crippen LogP) is 1.71. The van der Waals surface area contributed by atoms with Crippen LogP contribution >= 0.6 is 12.6 Å². The van der Waals surface area contributed by atoms with Gasteiger partial charge in [0.25, 0.3) is 0 Å². The van der Waals surface area contributed by atoms with Crippen LogP contribution in [-0.2, 0) is 6.42 Å². The first-order valence-corrected chi connectivity index (χ1v) is 5.48. The molecule has 1 atom stereocenters. The Labute approximate surface area is 90.3 Å². The Morgan fingerprint density at radius 3 is 3.00 bits per heavy atom. The van der Waals surface area contributed by atoms with Gasteiger partial charge in [-0.1, -0.05) is 6.07 Å². The van der Waals surface area contributed by atoms with Crippen molar-refractivity contribution in [3.05, 3.63) is 23.8 Å². The largest absolute Gasteiger partial charge is 0.398 e. The van der Waals surface area contributed by atoms with Crippen LogP contribution < -0.4 is 11.1 Å². The zero-order valence-corrected chi connectivity index (χ0v) is 9.06. The highest BCUT2D eigenvalue weighted by atomic mass is 32.1. The molecule has 0 saturated carbocycles. The Bertz CT molecular complexity index is 319. The van der Waals surface area contributed by atoms with Gasteiger partial charge in [-0.05, 0) is 49.5 Å². The molecule has 1 aromatic rings. The van der Waals surface area contributed by atoms with E-state index in [1.807, 2.05) is 6.07 Å². The quantitative estimate of drug-likeness (QED) is 0.511. The number of nitrogens with one attached hydrogen (secondary N) is 1. The minimum absolute atomic E-state index is 0.765. The molecule has 1 unspecified atom stereocenters. The smallest absolute Gasteiger partial charge is 0.0449 e. The van der Waals surface area contributed by atoms with Crippen molar-refractivity contribution in [3.8, 4) is 0 Å². The minimum Gasteiger partial charge on any atom is -0.398 e. The number of nitrogen functional groups attached to an aromatic ring is 1. The average molecular weight is 208 g/mol. The van der Waals surface area contributed by atoms with E-state index in [9.17, 15) is 0 Å². The number of hydrogen-bond donors (Lipinski definition) is 3. The van der Waals surface area contributed by atoms with E-state index in [2.05, 4.69) is 30.1 Å². The number of thiol groups is 1. The summed E-state index contributed by atoms with van der Waals surface area (Å²) in [5.41, 5.74) is 7.82. The highest BCUT2D eigenvalue weighted by molar-refractivity contribution is 7.80. The van der Waals surface area contributed by atoms with Gasteiger partial charge in [0.05, 0.1) is 0 Å². The summed E-state index contributed by atoms with van der Waals surface area (Å²) in [6, 6.07) is 6.13. The van der Waals surface area contributed by atoms with Gasteiger partial charge in [-0.15, -0.1) is 12.6 Å². The molecule has 2 nitrogen and oxygen atoms in total. The van der Waals surface area contributed by atoms with Crippen molar-refractivity contribution in [2.45, 2.75) is 17.7 Å². The lowest BCUT2D eigenvalue weighted by Crippen LogP contribution is -2.10. The molecule has 76 valence electrons. The minimum atomic E-state index is 0.765. The fraction of sp³-hybridized carbons (Fsp3) is 0.455. The van der Waals surface area contributed by atoms with Crippen LogP contribution in [-0.4, -0.2) is 13.1 Å². The number of benzene rings is 1. The summed E-state index contributed by atoms with van der Waals surface area (Å²) in [5.74, 6) is 0.784. The van der Waals surface area contributed by atoms with Crippen LogP contribution in [0.25, 0.3) is 0 Å². The summed E-state index contributed by atoms with van der Waals surface area (Å²) in [7, 11) is 0. The maximum absolute atomic E-state index is 5.71. The number of nitrogens with two attached hydrogens (primary N) is 1. The van der Waals surface area contributed by atoms with Crippen LogP contribution in [0.3, 0.4) is 0 Å². The molecular weight excluding hydrogens is 192 g/mol. The highest BCUT2D eigenvalue weighted by Crippen LogP contribution is 2.21. The van der Waals surface area contributed by atoms with Crippen molar-refractivity contribution in [1.29, 1.82) is 0 Å². The monoisotopic (exact) mass is 208 g/mol. The molecular formula is C11H16N2S. The lowest BCUT2D eigenvalue weighted by atomic mass is 9.98. The first-order chi connectivity index (χ1) is 6.75. The maximum Gasteiger partial charge on any atom is 0.0449 e. The number of rotatable bonds is 2. The third kappa shape index (κ3) is 2.22. The number of hydrogen-bond acceptors (Lipinski definition) is 3. The standard InChI is InChI=1S/C11H16N2S/c12-10-2-1-8(6-11(10)14)5-9-3-4-13-7-9/h1-2,6,9,13-14H,3-5,7,12H2. The van der Waals surface area contributed by atoms with Crippen LogP contribution in [0.1, 0.15) is 12.0 Å². The van der Waals surface area contributed by atoms with Gasteiger partial charge in [0.15, 0.2) is 0 Å². The fourth-order valence-corrected chi connectivity index (χ4v) is 2.18. The highest BCUT2D eigenvalue weighted by Gasteiger charge is 2.14. The third-order valence-corrected chi connectivity index (χ3v) is 3.17. The summed E-state index contributed by atoms with van der Waals surface area (Å²) in [5, 5.41) is 3.37. The van der Waals surface area contributed by atoms with Crippen molar-refractivity contribution >= 4 is 18.3 Å². The van der Waals surface area contributed by atoms with Gasteiger partial charge in [0, 0.05) is 10.6 Å². The average Bonchev–Trinajstić information content (AvgIpc) is 2.64. The second-order valence-electron chi connectivity index (χ2n) is 3.96. The molecule has 0 bridgehead atoms. The molecule has 0 amide bonds. The molecule has 1 aliphatic rings. The summed E-state index contributed by atoms with van der Waals surface area (Å²) in [6.07, 6.45) is 2.42. The lowest BCUT2D eigenvalue weighted by molar-refractivity contribution is 0.580. The van der Waals surface area contributed by atoms with E-state index in [-0.39, 0.29) is 0 Å². The molecule has 1 saturated heterocycles. The second kappa shape index (κ2) is 4.24. The zero-order chi connectivity index (χ0) is 9.97. The normalized spacial score (nSPS) is 21.4. The summed E-state index contributed by atoms with van der Waals surface area (Å²) in [6.45, 7) is 2.31. The Kier molecular flexibility index (Phi) is 2.99. The molecule has 2 rings (SSSR count). The van der Waals surface area contributed by atoms with E-state index in [1.165, 1.54) is 12.0 Å². The predicted molar refractivity (Wildman–Crippen MR) is 62.8 cm³/mol. The van der Waals surface area contributed by atoms with Crippen molar-refractivity contribution in [2.24, 2.45) is 5.92 Å². The lowest BCUT2D eigenvalue weighted by Gasteiger charge is -2.09. The Morgan fingerprint density at radius 1 is 1.50 bits per heavy atom. The van der Waals surface area contributed by atoms with E-state index in [4.69, 9.17) is 5.73 Å². The molecule has 3 N–H and O–H groups in total. The maximum atomic E-state index is 5.71. The van der Waals surface area contributed by atoms with Crippen molar-refractivity contribution in [2.75, 3.05) is 18.8 Å². The van der Waals surface area contributed by atoms with Gasteiger partial charge in [0.2, 0.25) is 0 Å². The molecule has 0 aromatic heterocycles. The van der Waals surface area contributed by atoms with Crippen molar-refractivity contribution < 1.29 is 0 Å². The van der Waals surface area contributed by atoms with Crippen LogP contribution in [0.4, 0.5) is 5.69 Å². The van der Waals surface area contributed by atoms with Crippen molar-refractivity contribution in [3.63, 3.8) is 0 Å². The number of anilines is 1. The summed E-state index contributed by atoms with van der Waals surface area (Å²) >= 11 is 4.32. The second-order valence-corrected chi connectivity index (χ2v) is 4.44. The van der Waals surface area contributed by atoms with Gasteiger partial charge in [-0.25, -0.2) is 0 Å². The van der Waals surface area contributed by atoms with Gasteiger partial charge >= 0.3 is 0 Å². The molecule has 3 heteroatoms. The van der Waals surface area contributed by atoms with Crippen LogP contribution in [0.15, 0.2) is 23.1 Å². The molecule has 14 heavy (non-hydrogen) atoms. The van der Waals surface area contributed by atoms with Crippen molar-refractivity contribution in [1.82, 2.24) is 5.32 Å². The first-order valence-electron chi connectivity index (χ1n) is 5.04. The third-order valence-electron chi connectivity index (χ3n) is 2.78.